The lowest BCUT2D eigenvalue weighted by Gasteiger charge is -2.07. The third-order valence-electron chi connectivity index (χ3n) is 2.37. The van der Waals surface area contributed by atoms with Crippen LogP contribution in [-0.2, 0) is 0 Å². The van der Waals surface area contributed by atoms with Gasteiger partial charge in [-0.15, -0.1) is 0 Å². The highest BCUT2D eigenvalue weighted by molar-refractivity contribution is 6.03. The molecular weight excluding hydrogens is 224 g/mol. The Kier molecular flexibility index (Phi) is 3.23. The van der Waals surface area contributed by atoms with Crippen LogP contribution in [0.3, 0.4) is 0 Å². The molecule has 0 radical (unpaired) electrons. The minimum Gasteiger partial charge on any atom is -0.288 e. The average molecular weight is 233 g/mol. The van der Waals surface area contributed by atoms with E-state index in [9.17, 15) is 13.6 Å². The van der Waals surface area contributed by atoms with Gasteiger partial charge in [-0.05, 0) is 17.2 Å². The van der Waals surface area contributed by atoms with E-state index in [1.165, 1.54) is 12.4 Å². The van der Waals surface area contributed by atoms with Crippen LogP contribution in [0.4, 0.5) is 8.78 Å². The number of carbonyl (C=O) groups excluding carboxylic acids is 1. The van der Waals surface area contributed by atoms with Crippen molar-refractivity contribution in [3.63, 3.8) is 0 Å². The van der Waals surface area contributed by atoms with Crippen LogP contribution in [0.25, 0.3) is 11.1 Å². The van der Waals surface area contributed by atoms with E-state index in [-0.39, 0.29) is 5.56 Å². The molecule has 0 spiro atoms. The van der Waals surface area contributed by atoms with Gasteiger partial charge in [0.15, 0.2) is 0 Å². The summed E-state index contributed by atoms with van der Waals surface area (Å²) in [6.07, 6.45) is -0.358. The summed E-state index contributed by atoms with van der Waals surface area (Å²) in [7, 11) is 0. The SMILES string of the molecule is O=C(c1cnccc1-c1ccccc1)C(F)F. The van der Waals surface area contributed by atoms with Gasteiger partial charge in [-0.2, -0.15) is 0 Å². The van der Waals surface area contributed by atoms with Gasteiger partial charge in [-0.3, -0.25) is 9.78 Å². The van der Waals surface area contributed by atoms with Crippen LogP contribution in [0.2, 0.25) is 0 Å². The summed E-state index contributed by atoms with van der Waals surface area (Å²) in [6.45, 7) is 0. The number of hydrogen-bond donors (Lipinski definition) is 0. The van der Waals surface area contributed by atoms with Crippen molar-refractivity contribution < 1.29 is 13.6 Å². The van der Waals surface area contributed by atoms with Gasteiger partial charge in [0.25, 0.3) is 0 Å². The molecule has 0 saturated carbocycles. The monoisotopic (exact) mass is 233 g/mol. The van der Waals surface area contributed by atoms with Crippen molar-refractivity contribution in [2.24, 2.45) is 0 Å². The van der Waals surface area contributed by atoms with Gasteiger partial charge in [-0.25, -0.2) is 8.78 Å². The summed E-state index contributed by atoms with van der Waals surface area (Å²) in [5.74, 6) is -1.20. The fourth-order valence-corrected chi connectivity index (χ4v) is 1.58. The molecule has 0 bridgehead atoms. The first-order chi connectivity index (χ1) is 8.20. The Balaban J connectivity index is 2.52. The zero-order valence-corrected chi connectivity index (χ0v) is 8.81. The minimum atomic E-state index is -3.01. The third kappa shape index (κ3) is 2.36. The maximum absolute atomic E-state index is 12.4. The molecular formula is C13H9F2NO. The van der Waals surface area contributed by atoms with Gasteiger partial charge in [-0.1, -0.05) is 30.3 Å². The molecule has 0 aliphatic carbocycles. The van der Waals surface area contributed by atoms with Crippen molar-refractivity contribution in [1.29, 1.82) is 0 Å². The first-order valence-corrected chi connectivity index (χ1v) is 5.02. The smallest absolute Gasteiger partial charge is 0.288 e. The van der Waals surface area contributed by atoms with Crippen LogP contribution in [-0.4, -0.2) is 17.2 Å². The number of pyridine rings is 1. The summed E-state index contributed by atoms with van der Waals surface area (Å²) >= 11 is 0. The predicted octanol–water partition coefficient (Wildman–Crippen LogP) is 3.20. The van der Waals surface area contributed by atoms with Crippen LogP contribution in [0.1, 0.15) is 10.4 Å². The van der Waals surface area contributed by atoms with Gasteiger partial charge in [0.05, 0.1) is 0 Å². The number of hydrogen-bond acceptors (Lipinski definition) is 2. The van der Waals surface area contributed by atoms with Gasteiger partial charge >= 0.3 is 6.43 Å². The number of halogens is 2. The predicted molar refractivity (Wildman–Crippen MR) is 60.0 cm³/mol. The zero-order chi connectivity index (χ0) is 12.3. The quantitative estimate of drug-likeness (QED) is 0.762. The van der Waals surface area contributed by atoms with E-state index >= 15 is 0 Å². The second kappa shape index (κ2) is 4.82. The van der Waals surface area contributed by atoms with E-state index in [4.69, 9.17) is 0 Å². The van der Waals surface area contributed by atoms with Crippen LogP contribution < -0.4 is 0 Å². The van der Waals surface area contributed by atoms with Crippen LogP contribution >= 0.6 is 0 Å². The van der Waals surface area contributed by atoms with Gasteiger partial charge in [0.2, 0.25) is 5.78 Å². The van der Waals surface area contributed by atoms with E-state index in [0.29, 0.717) is 5.56 Å². The van der Waals surface area contributed by atoms with Crippen molar-refractivity contribution >= 4 is 5.78 Å². The molecule has 0 N–H and O–H groups in total. The molecule has 2 nitrogen and oxygen atoms in total. The summed E-state index contributed by atoms with van der Waals surface area (Å²) in [6, 6.07) is 10.5. The number of alkyl halides is 2. The van der Waals surface area contributed by atoms with E-state index in [2.05, 4.69) is 4.98 Å². The maximum atomic E-state index is 12.4. The molecule has 1 aromatic heterocycles. The highest BCUT2D eigenvalue weighted by Crippen LogP contribution is 2.24. The van der Waals surface area contributed by atoms with Crippen molar-refractivity contribution in [3.05, 3.63) is 54.4 Å². The minimum absolute atomic E-state index is 0.0475. The molecule has 0 atom stereocenters. The first-order valence-electron chi connectivity index (χ1n) is 5.02. The van der Waals surface area contributed by atoms with E-state index < -0.39 is 12.2 Å². The van der Waals surface area contributed by atoms with Crippen molar-refractivity contribution in [2.45, 2.75) is 6.43 Å². The van der Waals surface area contributed by atoms with Gasteiger partial charge in [0.1, 0.15) is 0 Å². The Morgan fingerprint density at radius 2 is 1.82 bits per heavy atom. The molecule has 0 aliphatic rings. The second-order valence-corrected chi connectivity index (χ2v) is 3.45. The summed E-state index contributed by atoms with van der Waals surface area (Å²) in [4.78, 5) is 15.1. The fourth-order valence-electron chi connectivity index (χ4n) is 1.58. The summed E-state index contributed by atoms with van der Waals surface area (Å²) in [5.41, 5.74) is 1.15. The molecule has 0 fully saturated rings. The standard InChI is InChI=1S/C13H9F2NO/c14-13(15)12(17)11-8-16-7-6-10(11)9-4-2-1-3-5-9/h1-8,13H. The Hall–Kier alpha value is -2.10. The number of rotatable bonds is 3. The zero-order valence-electron chi connectivity index (χ0n) is 8.81. The maximum Gasteiger partial charge on any atom is 0.300 e. The molecule has 86 valence electrons. The number of Topliss-reactive ketones (excluding diaryl/α,β-unsaturated/α-hetero) is 1. The molecule has 1 aromatic carbocycles. The largest absolute Gasteiger partial charge is 0.300 e. The lowest BCUT2D eigenvalue weighted by Crippen LogP contribution is -2.11. The lowest BCUT2D eigenvalue weighted by atomic mass is 9.99. The molecule has 2 rings (SSSR count). The van der Waals surface area contributed by atoms with Crippen LogP contribution in [0.15, 0.2) is 48.8 Å². The fraction of sp³-hybridized carbons (Fsp3) is 0.0769. The van der Waals surface area contributed by atoms with Crippen molar-refractivity contribution in [2.75, 3.05) is 0 Å². The Morgan fingerprint density at radius 3 is 2.47 bits per heavy atom. The summed E-state index contributed by atoms with van der Waals surface area (Å²) < 4.78 is 24.9. The molecule has 1 heterocycles. The van der Waals surface area contributed by atoms with Gasteiger partial charge < -0.3 is 0 Å². The third-order valence-corrected chi connectivity index (χ3v) is 2.37. The highest BCUT2D eigenvalue weighted by Gasteiger charge is 2.21. The molecule has 17 heavy (non-hydrogen) atoms. The normalized spacial score (nSPS) is 10.5. The van der Waals surface area contributed by atoms with E-state index in [1.54, 1.807) is 30.3 Å². The van der Waals surface area contributed by atoms with Gasteiger partial charge in [0, 0.05) is 18.0 Å². The number of nitrogens with zero attached hydrogens (tertiary/aromatic N) is 1. The van der Waals surface area contributed by atoms with E-state index in [0.717, 1.165) is 5.56 Å². The Morgan fingerprint density at radius 1 is 1.12 bits per heavy atom. The number of carbonyl (C=O) groups is 1. The Bertz CT molecular complexity index is 526. The van der Waals surface area contributed by atoms with Crippen LogP contribution in [0, 0.1) is 0 Å². The van der Waals surface area contributed by atoms with Crippen molar-refractivity contribution in [3.8, 4) is 11.1 Å². The van der Waals surface area contributed by atoms with Crippen LogP contribution in [0.5, 0.6) is 0 Å². The second-order valence-electron chi connectivity index (χ2n) is 3.45. The average Bonchev–Trinajstić information content (AvgIpc) is 2.39. The Labute approximate surface area is 96.9 Å². The molecule has 0 aliphatic heterocycles. The summed E-state index contributed by atoms with van der Waals surface area (Å²) in [5, 5.41) is 0. The molecule has 0 amide bonds. The number of ketones is 1. The lowest BCUT2D eigenvalue weighted by molar-refractivity contribution is 0.0679. The molecule has 4 heteroatoms. The molecule has 0 saturated heterocycles. The number of benzene rings is 1. The van der Waals surface area contributed by atoms with Crippen molar-refractivity contribution in [1.82, 2.24) is 4.98 Å². The first kappa shape index (κ1) is 11.4. The molecule has 0 unspecified atom stereocenters. The van der Waals surface area contributed by atoms with E-state index in [1.807, 2.05) is 6.07 Å². The topological polar surface area (TPSA) is 30.0 Å². The number of aromatic nitrogens is 1. The highest BCUT2D eigenvalue weighted by atomic mass is 19.3. The molecule has 2 aromatic rings.